The number of fused-ring (bicyclic) bond motifs is 2. The monoisotopic (exact) mass is 424 g/mol. The van der Waals surface area contributed by atoms with E-state index < -0.39 is 17.5 Å². The highest BCUT2D eigenvalue weighted by Gasteiger charge is 2.55. The summed E-state index contributed by atoms with van der Waals surface area (Å²) in [6.07, 6.45) is 3.38. The molecule has 5 rings (SSSR count). The number of nitrogens with one attached hydrogen (secondary N) is 3. The van der Waals surface area contributed by atoms with E-state index in [1.165, 1.54) is 0 Å². The first-order chi connectivity index (χ1) is 14.5. The van der Waals surface area contributed by atoms with Crippen LogP contribution in [0.15, 0.2) is 42.5 Å². The Morgan fingerprint density at radius 1 is 1.17 bits per heavy atom. The minimum absolute atomic E-state index is 0.357. The number of hydrogen-bond donors (Lipinski definition) is 3. The van der Waals surface area contributed by atoms with E-state index in [2.05, 4.69) is 16.0 Å². The van der Waals surface area contributed by atoms with Gasteiger partial charge in [0.1, 0.15) is 12.1 Å². The third-order valence-electron chi connectivity index (χ3n) is 5.92. The predicted molar refractivity (Wildman–Crippen MR) is 113 cm³/mol. The maximum absolute atomic E-state index is 13.2. The zero-order chi connectivity index (χ0) is 20.9. The molecule has 2 aromatic rings. The summed E-state index contributed by atoms with van der Waals surface area (Å²) in [4.78, 5) is 39.5. The lowest BCUT2D eigenvalue weighted by Crippen LogP contribution is -2.43. The van der Waals surface area contributed by atoms with Crippen molar-refractivity contribution in [3.05, 3.63) is 58.6 Å². The summed E-state index contributed by atoms with van der Waals surface area (Å²) in [5.74, 6) is -0.835. The lowest BCUT2D eigenvalue weighted by Gasteiger charge is -2.22. The van der Waals surface area contributed by atoms with Crippen LogP contribution < -0.4 is 16.0 Å². The summed E-state index contributed by atoms with van der Waals surface area (Å²) >= 11 is 6.09. The number of imide groups is 1. The summed E-state index contributed by atoms with van der Waals surface area (Å²) in [6.45, 7) is -0.357. The average molecular weight is 425 g/mol. The van der Waals surface area contributed by atoms with Crippen LogP contribution in [0.1, 0.15) is 30.4 Å². The maximum atomic E-state index is 13.2. The zero-order valence-corrected chi connectivity index (χ0v) is 17.0. The zero-order valence-electron chi connectivity index (χ0n) is 16.2. The van der Waals surface area contributed by atoms with Gasteiger partial charge in [-0.25, -0.2) is 4.79 Å². The highest BCUT2D eigenvalue weighted by molar-refractivity contribution is 6.31. The van der Waals surface area contributed by atoms with Gasteiger partial charge >= 0.3 is 6.03 Å². The Kier molecular flexibility index (Phi) is 4.43. The quantitative estimate of drug-likeness (QED) is 0.642. The predicted octanol–water partition coefficient (Wildman–Crippen LogP) is 3.25. The van der Waals surface area contributed by atoms with Crippen LogP contribution in [0.2, 0.25) is 5.02 Å². The third kappa shape index (κ3) is 3.19. The molecular formula is C22H21ClN4O3. The fourth-order valence-corrected chi connectivity index (χ4v) is 4.43. The molecular weight excluding hydrogens is 404 g/mol. The Hall–Kier alpha value is -3.06. The topological polar surface area (TPSA) is 90.5 Å². The minimum atomic E-state index is -1.07. The molecule has 2 aromatic carbocycles. The molecule has 0 aromatic heterocycles. The first kappa shape index (κ1) is 18.9. The summed E-state index contributed by atoms with van der Waals surface area (Å²) in [7, 11) is 0. The number of nitrogens with zero attached hydrogens (tertiary/aromatic N) is 1. The SMILES string of the molecule is O=C(CN1C(=O)N[C@@]2(CCc3ccccc32)C1=O)Nc1cc(Cl)ccc1NC1CC1. The number of halogens is 1. The second kappa shape index (κ2) is 7.02. The minimum Gasteiger partial charge on any atom is -0.381 e. The number of rotatable bonds is 5. The second-order valence-corrected chi connectivity index (χ2v) is 8.48. The van der Waals surface area contributed by atoms with Crippen LogP contribution in [-0.2, 0) is 21.5 Å². The number of benzene rings is 2. The Bertz CT molecular complexity index is 1070. The highest BCUT2D eigenvalue weighted by atomic mass is 35.5. The van der Waals surface area contributed by atoms with Gasteiger partial charge in [-0.05, 0) is 55.0 Å². The van der Waals surface area contributed by atoms with Crippen molar-refractivity contribution < 1.29 is 14.4 Å². The van der Waals surface area contributed by atoms with Crippen LogP contribution in [0.25, 0.3) is 0 Å². The number of anilines is 2. The van der Waals surface area contributed by atoms with E-state index in [1.807, 2.05) is 30.3 Å². The highest BCUT2D eigenvalue weighted by Crippen LogP contribution is 2.41. The van der Waals surface area contributed by atoms with Crippen molar-refractivity contribution in [2.75, 3.05) is 17.2 Å². The van der Waals surface area contributed by atoms with Crippen LogP contribution >= 0.6 is 11.6 Å². The number of amides is 4. The smallest absolute Gasteiger partial charge is 0.325 e. The molecule has 7 nitrogen and oxygen atoms in total. The Morgan fingerprint density at radius 3 is 2.77 bits per heavy atom. The van der Waals surface area contributed by atoms with Gasteiger partial charge in [-0.1, -0.05) is 35.9 Å². The normalized spacial score (nSPS) is 22.2. The molecule has 30 heavy (non-hydrogen) atoms. The van der Waals surface area contributed by atoms with E-state index in [9.17, 15) is 14.4 Å². The van der Waals surface area contributed by atoms with Crippen molar-refractivity contribution >= 4 is 40.8 Å². The number of urea groups is 1. The average Bonchev–Trinajstić information content (AvgIpc) is 3.42. The van der Waals surface area contributed by atoms with Gasteiger partial charge in [-0.2, -0.15) is 0 Å². The van der Waals surface area contributed by atoms with Crippen LogP contribution in [0, 0.1) is 0 Å². The molecule has 1 saturated heterocycles. The molecule has 8 heteroatoms. The molecule has 2 aliphatic carbocycles. The van der Waals surface area contributed by atoms with E-state index in [4.69, 9.17) is 11.6 Å². The van der Waals surface area contributed by atoms with Gasteiger partial charge < -0.3 is 16.0 Å². The van der Waals surface area contributed by atoms with E-state index in [1.54, 1.807) is 12.1 Å². The molecule has 1 spiro atoms. The Morgan fingerprint density at radius 2 is 1.97 bits per heavy atom. The van der Waals surface area contributed by atoms with E-state index in [0.717, 1.165) is 34.6 Å². The Balaban J connectivity index is 1.33. The van der Waals surface area contributed by atoms with Crippen molar-refractivity contribution in [1.82, 2.24) is 10.2 Å². The lowest BCUT2D eigenvalue weighted by atomic mass is 9.92. The number of hydrogen-bond acceptors (Lipinski definition) is 4. The van der Waals surface area contributed by atoms with Crippen LogP contribution in [0.3, 0.4) is 0 Å². The number of carbonyl (C=O) groups excluding carboxylic acids is 3. The molecule has 0 bridgehead atoms. The molecule has 1 aliphatic heterocycles. The fraction of sp³-hybridized carbons (Fsp3) is 0.318. The number of aryl methyl sites for hydroxylation is 1. The van der Waals surface area contributed by atoms with Gasteiger partial charge in [0.25, 0.3) is 5.91 Å². The van der Waals surface area contributed by atoms with Gasteiger partial charge in [0.15, 0.2) is 0 Å². The van der Waals surface area contributed by atoms with E-state index in [-0.39, 0.29) is 12.5 Å². The molecule has 0 unspecified atom stereocenters. The summed E-state index contributed by atoms with van der Waals surface area (Å²) < 4.78 is 0. The first-order valence-corrected chi connectivity index (χ1v) is 10.4. The van der Waals surface area contributed by atoms with Gasteiger partial charge in [-0.3, -0.25) is 14.5 Å². The van der Waals surface area contributed by atoms with Crippen molar-refractivity contribution in [2.45, 2.75) is 37.3 Å². The molecule has 3 aliphatic rings. The second-order valence-electron chi connectivity index (χ2n) is 8.04. The molecule has 4 amide bonds. The standard InChI is InChI=1S/C22H21ClN4O3/c23-14-5-8-17(24-15-6-7-15)18(11-14)25-19(28)12-27-20(29)22(26-21(27)30)10-9-13-3-1-2-4-16(13)22/h1-5,8,11,15,24H,6-7,9-10,12H2,(H,25,28)(H,26,30)/t22-/m1/s1. The van der Waals surface area contributed by atoms with Crippen molar-refractivity contribution in [1.29, 1.82) is 0 Å². The largest absolute Gasteiger partial charge is 0.381 e. The summed E-state index contributed by atoms with van der Waals surface area (Å²) in [5.41, 5.74) is 2.10. The van der Waals surface area contributed by atoms with Crippen molar-refractivity contribution in [3.63, 3.8) is 0 Å². The summed E-state index contributed by atoms with van der Waals surface area (Å²) in [5, 5.41) is 9.46. The molecule has 1 heterocycles. The van der Waals surface area contributed by atoms with E-state index in [0.29, 0.717) is 29.6 Å². The maximum Gasteiger partial charge on any atom is 0.325 e. The summed E-state index contributed by atoms with van der Waals surface area (Å²) in [6, 6.07) is 12.7. The van der Waals surface area contributed by atoms with Crippen molar-refractivity contribution in [3.8, 4) is 0 Å². The molecule has 1 atom stereocenters. The Labute approximate surface area is 178 Å². The fourth-order valence-electron chi connectivity index (χ4n) is 4.26. The van der Waals surface area contributed by atoms with Crippen LogP contribution in [0.5, 0.6) is 0 Å². The molecule has 0 radical (unpaired) electrons. The van der Waals surface area contributed by atoms with Crippen molar-refractivity contribution in [2.24, 2.45) is 0 Å². The first-order valence-electron chi connectivity index (χ1n) is 10.0. The van der Waals surface area contributed by atoms with Gasteiger partial charge in [0.2, 0.25) is 5.91 Å². The van der Waals surface area contributed by atoms with Gasteiger partial charge in [0.05, 0.1) is 11.4 Å². The van der Waals surface area contributed by atoms with E-state index >= 15 is 0 Å². The van der Waals surface area contributed by atoms with Crippen LogP contribution in [-0.4, -0.2) is 35.3 Å². The number of carbonyl (C=O) groups is 3. The molecule has 1 saturated carbocycles. The van der Waals surface area contributed by atoms with Crippen LogP contribution in [0.4, 0.5) is 16.2 Å². The third-order valence-corrected chi connectivity index (χ3v) is 6.15. The molecule has 2 fully saturated rings. The lowest BCUT2D eigenvalue weighted by molar-refractivity contribution is -0.134. The molecule has 3 N–H and O–H groups in total. The molecule has 154 valence electrons. The van der Waals surface area contributed by atoms with Gasteiger partial charge in [-0.15, -0.1) is 0 Å². The van der Waals surface area contributed by atoms with Gasteiger partial charge in [0, 0.05) is 11.1 Å².